The highest BCUT2D eigenvalue weighted by molar-refractivity contribution is 9.10. The topological polar surface area (TPSA) is 50.9 Å². The zero-order valence-electron chi connectivity index (χ0n) is 8.31. The van der Waals surface area contributed by atoms with Crippen LogP contribution in [0, 0.1) is 6.92 Å². The third-order valence-corrected chi connectivity index (χ3v) is 4.14. The highest BCUT2D eigenvalue weighted by Gasteiger charge is 2.20. The fourth-order valence-corrected chi connectivity index (χ4v) is 2.76. The van der Waals surface area contributed by atoms with Crippen molar-refractivity contribution in [3.8, 4) is 0 Å². The Morgan fingerprint density at radius 3 is 2.80 bits per heavy atom. The van der Waals surface area contributed by atoms with Gasteiger partial charge in [0.15, 0.2) is 0 Å². The predicted molar refractivity (Wildman–Crippen MR) is 61.8 cm³/mol. The Kier molecular flexibility index (Phi) is 2.90. The number of aryl methyl sites for hydroxylation is 1. The van der Waals surface area contributed by atoms with Crippen molar-refractivity contribution < 1.29 is 5.11 Å². The summed E-state index contributed by atoms with van der Waals surface area (Å²) in [6.07, 6.45) is 1.03. The Morgan fingerprint density at radius 2 is 2.33 bits per heavy atom. The van der Waals surface area contributed by atoms with E-state index in [1.54, 1.807) is 16.4 Å². The van der Waals surface area contributed by atoms with Crippen molar-refractivity contribution in [1.82, 2.24) is 14.8 Å². The molecule has 4 nitrogen and oxygen atoms in total. The van der Waals surface area contributed by atoms with Crippen LogP contribution in [0.3, 0.4) is 0 Å². The Hall–Kier alpha value is -0.720. The van der Waals surface area contributed by atoms with Crippen molar-refractivity contribution in [3.63, 3.8) is 0 Å². The van der Waals surface area contributed by atoms with E-state index in [0.29, 0.717) is 4.60 Å². The number of hydrogen-bond donors (Lipinski definition) is 1. The van der Waals surface area contributed by atoms with Crippen LogP contribution in [-0.2, 0) is 7.05 Å². The summed E-state index contributed by atoms with van der Waals surface area (Å²) in [6, 6.07) is 0. The number of nitrogens with zero attached hydrogens (tertiary/aromatic N) is 3. The molecule has 6 heteroatoms. The minimum atomic E-state index is -0.652. The lowest BCUT2D eigenvalue weighted by Gasteiger charge is -2.07. The summed E-state index contributed by atoms with van der Waals surface area (Å²) in [4.78, 5) is 4.86. The van der Waals surface area contributed by atoms with Gasteiger partial charge in [0, 0.05) is 18.3 Å². The first-order chi connectivity index (χ1) is 7.11. The molecule has 1 atom stereocenters. The summed E-state index contributed by atoms with van der Waals surface area (Å²) in [5.41, 5.74) is 3.49. The van der Waals surface area contributed by atoms with Gasteiger partial charge in [-0.2, -0.15) is 5.10 Å². The fourth-order valence-electron chi connectivity index (χ4n) is 1.34. The predicted octanol–water partition coefficient (Wildman–Crippen LogP) is 2.03. The monoisotopic (exact) mass is 287 g/mol. The first-order valence-electron chi connectivity index (χ1n) is 4.36. The van der Waals surface area contributed by atoms with Gasteiger partial charge in [-0.05, 0) is 22.9 Å². The number of halogens is 1. The van der Waals surface area contributed by atoms with E-state index in [4.69, 9.17) is 0 Å². The minimum Gasteiger partial charge on any atom is -0.383 e. The molecule has 2 heterocycles. The molecule has 0 saturated carbocycles. The summed E-state index contributed by atoms with van der Waals surface area (Å²) in [7, 11) is 1.85. The van der Waals surface area contributed by atoms with Gasteiger partial charge in [-0.1, -0.05) is 0 Å². The first kappa shape index (κ1) is 10.8. The average molecular weight is 288 g/mol. The molecule has 0 aliphatic heterocycles. The molecule has 0 aliphatic rings. The number of thiazole rings is 1. The van der Waals surface area contributed by atoms with E-state index in [-0.39, 0.29) is 0 Å². The van der Waals surface area contributed by atoms with E-state index in [0.717, 1.165) is 16.1 Å². The molecular weight excluding hydrogens is 278 g/mol. The SMILES string of the molecule is Cc1c(C(O)c2scnc2Br)cnn1C. The zero-order chi connectivity index (χ0) is 11.0. The van der Waals surface area contributed by atoms with Gasteiger partial charge in [0.2, 0.25) is 0 Å². The molecule has 0 bridgehead atoms. The van der Waals surface area contributed by atoms with Gasteiger partial charge >= 0.3 is 0 Å². The van der Waals surface area contributed by atoms with Gasteiger partial charge in [-0.15, -0.1) is 11.3 Å². The summed E-state index contributed by atoms with van der Waals surface area (Å²) >= 11 is 4.73. The fraction of sp³-hybridized carbons (Fsp3) is 0.333. The highest BCUT2D eigenvalue weighted by Crippen LogP contribution is 2.32. The lowest BCUT2D eigenvalue weighted by molar-refractivity contribution is 0.222. The zero-order valence-corrected chi connectivity index (χ0v) is 10.7. The summed E-state index contributed by atoms with van der Waals surface area (Å²) in [6.45, 7) is 1.93. The van der Waals surface area contributed by atoms with Crippen molar-refractivity contribution in [2.24, 2.45) is 7.05 Å². The van der Waals surface area contributed by atoms with Gasteiger partial charge in [-0.25, -0.2) is 4.98 Å². The van der Waals surface area contributed by atoms with Crippen LogP contribution in [0.5, 0.6) is 0 Å². The molecule has 0 amide bonds. The van der Waals surface area contributed by atoms with Crippen LogP contribution in [0.25, 0.3) is 0 Å². The Labute approximate surface area is 99.7 Å². The Morgan fingerprint density at radius 1 is 1.60 bits per heavy atom. The van der Waals surface area contributed by atoms with Crippen LogP contribution in [-0.4, -0.2) is 19.9 Å². The third-order valence-electron chi connectivity index (χ3n) is 2.37. The summed E-state index contributed by atoms with van der Waals surface area (Å²) < 4.78 is 2.44. The molecule has 2 rings (SSSR count). The smallest absolute Gasteiger partial charge is 0.123 e. The van der Waals surface area contributed by atoms with Crippen LogP contribution in [0.4, 0.5) is 0 Å². The highest BCUT2D eigenvalue weighted by atomic mass is 79.9. The normalized spacial score (nSPS) is 13.1. The van der Waals surface area contributed by atoms with E-state index < -0.39 is 6.10 Å². The molecule has 15 heavy (non-hydrogen) atoms. The molecule has 0 radical (unpaired) electrons. The van der Waals surface area contributed by atoms with Crippen LogP contribution >= 0.6 is 27.3 Å². The number of aromatic nitrogens is 3. The molecule has 1 unspecified atom stereocenters. The van der Waals surface area contributed by atoms with E-state index in [1.807, 2.05) is 14.0 Å². The summed E-state index contributed by atoms with van der Waals surface area (Å²) in [5, 5.41) is 14.2. The lowest BCUT2D eigenvalue weighted by Crippen LogP contribution is -2.01. The van der Waals surface area contributed by atoms with Gasteiger partial charge in [0.1, 0.15) is 10.7 Å². The van der Waals surface area contributed by atoms with E-state index in [9.17, 15) is 5.11 Å². The minimum absolute atomic E-state index is 0.652. The van der Waals surface area contributed by atoms with Crippen molar-refractivity contribution in [2.75, 3.05) is 0 Å². The van der Waals surface area contributed by atoms with Crippen LogP contribution in [0.1, 0.15) is 22.2 Å². The number of aliphatic hydroxyl groups is 1. The molecule has 2 aromatic rings. The number of hydrogen-bond acceptors (Lipinski definition) is 4. The second kappa shape index (κ2) is 4.03. The standard InChI is InChI=1S/C9H10BrN3OS/c1-5-6(3-12-13(5)2)7(14)8-9(10)11-4-15-8/h3-4,7,14H,1-2H3. The number of aliphatic hydroxyl groups excluding tert-OH is 1. The maximum absolute atomic E-state index is 10.1. The van der Waals surface area contributed by atoms with Crippen molar-refractivity contribution in [3.05, 3.63) is 32.4 Å². The van der Waals surface area contributed by atoms with Gasteiger partial charge in [-0.3, -0.25) is 4.68 Å². The molecule has 0 fully saturated rings. The molecule has 2 aromatic heterocycles. The average Bonchev–Trinajstić information content (AvgIpc) is 2.75. The van der Waals surface area contributed by atoms with Gasteiger partial charge in [0.25, 0.3) is 0 Å². The quantitative estimate of drug-likeness (QED) is 0.920. The maximum atomic E-state index is 10.1. The molecule has 80 valence electrons. The van der Waals surface area contributed by atoms with Crippen LogP contribution in [0.15, 0.2) is 16.3 Å². The molecule has 0 aliphatic carbocycles. The van der Waals surface area contributed by atoms with Crippen molar-refractivity contribution in [2.45, 2.75) is 13.0 Å². The maximum Gasteiger partial charge on any atom is 0.123 e. The molecule has 0 saturated heterocycles. The molecular formula is C9H10BrN3OS. The van der Waals surface area contributed by atoms with Gasteiger partial charge in [0.05, 0.1) is 16.6 Å². The first-order valence-corrected chi connectivity index (χ1v) is 6.04. The molecule has 0 aromatic carbocycles. The van der Waals surface area contributed by atoms with Crippen LogP contribution < -0.4 is 0 Å². The third kappa shape index (κ3) is 1.84. The Balaban J connectivity index is 2.41. The Bertz CT molecular complexity index is 479. The summed E-state index contributed by atoms with van der Waals surface area (Å²) in [5.74, 6) is 0. The van der Waals surface area contributed by atoms with E-state index in [2.05, 4.69) is 26.0 Å². The van der Waals surface area contributed by atoms with Gasteiger partial charge < -0.3 is 5.11 Å². The largest absolute Gasteiger partial charge is 0.383 e. The second-order valence-electron chi connectivity index (χ2n) is 3.22. The lowest BCUT2D eigenvalue weighted by atomic mass is 10.1. The second-order valence-corrected chi connectivity index (χ2v) is 4.86. The van der Waals surface area contributed by atoms with Crippen molar-refractivity contribution >= 4 is 27.3 Å². The van der Waals surface area contributed by atoms with Crippen molar-refractivity contribution in [1.29, 1.82) is 0 Å². The van der Waals surface area contributed by atoms with E-state index in [1.165, 1.54) is 11.3 Å². The molecule has 1 N–H and O–H groups in total. The number of rotatable bonds is 2. The molecule has 0 spiro atoms. The van der Waals surface area contributed by atoms with E-state index >= 15 is 0 Å². The van der Waals surface area contributed by atoms with Crippen LogP contribution in [0.2, 0.25) is 0 Å².